The lowest BCUT2D eigenvalue weighted by Crippen LogP contribution is -2.25. The van der Waals surface area contributed by atoms with Gasteiger partial charge in [-0.3, -0.25) is 4.79 Å². The number of aliphatic hydroxyl groups is 2. The maximum Gasteiger partial charge on any atom is 0.306 e. The van der Waals surface area contributed by atoms with Crippen molar-refractivity contribution in [1.82, 2.24) is 0 Å². The summed E-state index contributed by atoms with van der Waals surface area (Å²) in [6.45, 7) is 1.53. The first-order valence-electron chi connectivity index (χ1n) is 10.7. The van der Waals surface area contributed by atoms with E-state index in [1.165, 1.54) is 25.7 Å². The van der Waals surface area contributed by atoms with E-state index in [-0.39, 0.29) is 19.2 Å². The Morgan fingerprint density at radius 2 is 1.64 bits per heavy atom. The molecule has 0 bridgehead atoms. The summed E-state index contributed by atoms with van der Waals surface area (Å²) in [5.41, 5.74) is 0. The van der Waals surface area contributed by atoms with Crippen molar-refractivity contribution in [3.63, 3.8) is 0 Å². The molecule has 2 N–H and O–H groups in total. The Balaban J connectivity index is 1.93. The predicted octanol–water partition coefficient (Wildman–Crippen LogP) is 4.24. The zero-order valence-corrected chi connectivity index (χ0v) is 17.3. The smallest absolute Gasteiger partial charge is 0.306 e. The number of carbonyl (C=O) groups excluding carboxylic acids is 1. The average molecular weight is 395 g/mol. The molecule has 1 saturated heterocycles. The number of aliphatic hydroxyl groups excluding tert-OH is 2. The van der Waals surface area contributed by atoms with Crippen molar-refractivity contribution in [2.75, 3.05) is 13.2 Å². The van der Waals surface area contributed by atoms with Gasteiger partial charge in [-0.1, -0.05) is 62.6 Å². The molecule has 2 atom stereocenters. The molecule has 1 rings (SSSR count). The molecule has 0 aromatic heterocycles. The van der Waals surface area contributed by atoms with Gasteiger partial charge in [0.2, 0.25) is 0 Å². The fourth-order valence-corrected chi connectivity index (χ4v) is 2.87. The summed E-state index contributed by atoms with van der Waals surface area (Å²) in [6, 6.07) is 0. The van der Waals surface area contributed by atoms with Crippen molar-refractivity contribution in [3.8, 4) is 0 Å². The second-order valence-electron chi connectivity index (χ2n) is 7.20. The van der Waals surface area contributed by atoms with Gasteiger partial charge in [-0.05, 0) is 38.5 Å². The Morgan fingerprint density at radius 3 is 2.32 bits per heavy atom. The highest BCUT2D eigenvalue weighted by atomic mass is 16.6. The van der Waals surface area contributed by atoms with E-state index in [1.807, 2.05) is 0 Å². The number of carbonyl (C=O) groups is 1. The third-order valence-corrected chi connectivity index (χ3v) is 4.65. The van der Waals surface area contributed by atoms with Crippen LogP contribution in [-0.2, 0) is 14.3 Å². The van der Waals surface area contributed by atoms with Crippen LogP contribution in [0.5, 0.6) is 0 Å². The number of ether oxygens (including phenoxy) is 2. The van der Waals surface area contributed by atoms with Crippen LogP contribution in [0.4, 0.5) is 0 Å². The predicted molar refractivity (Wildman–Crippen MR) is 112 cm³/mol. The van der Waals surface area contributed by atoms with Gasteiger partial charge < -0.3 is 19.7 Å². The standard InChI is InChI=1S/C23H38O5/c1-2-3-12-15-21-22(28-21)16-13-10-8-6-4-5-7-9-11-14-17-23(26)27-20(18-24)19-25/h4,6-7,9-10,13,20-22,24-25H,2-3,5,8,11-12,14-19H2,1H3/b6-4-,9-7-,13-10-/t21-,22+/m1/s1. The van der Waals surface area contributed by atoms with E-state index in [0.717, 1.165) is 25.7 Å². The van der Waals surface area contributed by atoms with Crippen molar-refractivity contribution >= 4 is 5.97 Å². The molecule has 0 amide bonds. The number of hydrogen-bond donors (Lipinski definition) is 2. The molecule has 1 aliphatic heterocycles. The van der Waals surface area contributed by atoms with Crippen LogP contribution in [0.1, 0.15) is 71.1 Å². The molecule has 28 heavy (non-hydrogen) atoms. The quantitative estimate of drug-likeness (QED) is 0.167. The van der Waals surface area contributed by atoms with Gasteiger partial charge in [-0.15, -0.1) is 0 Å². The molecular weight excluding hydrogens is 356 g/mol. The summed E-state index contributed by atoms with van der Waals surface area (Å²) in [6.07, 6.45) is 22.8. The first-order valence-corrected chi connectivity index (χ1v) is 10.7. The Labute approximate surface area is 170 Å². The van der Waals surface area contributed by atoms with Crippen LogP contribution in [0.2, 0.25) is 0 Å². The molecule has 0 radical (unpaired) electrons. The number of rotatable bonds is 17. The molecule has 1 fully saturated rings. The Hall–Kier alpha value is -1.43. The highest BCUT2D eigenvalue weighted by Gasteiger charge is 2.36. The lowest BCUT2D eigenvalue weighted by molar-refractivity contribution is -0.153. The van der Waals surface area contributed by atoms with Crippen molar-refractivity contribution in [1.29, 1.82) is 0 Å². The summed E-state index contributed by atoms with van der Waals surface area (Å²) in [5, 5.41) is 17.7. The third-order valence-electron chi connectivity index (χ3n) is 4.65. The minimum atomic E-state index is -0.800. The molecule has 0 saturated carbocycles. The van der Waals surface area contributed by atoms with E-state index < -0.39 is 6.10 Å². The van der Waals surface area contributed by atoms with Crippen LogP contribution in [0.25, 0.3) is 0 Å². The Morgan fingerprint density at radius 1 is 0.964 bits per heavy atom. The van der Waals surface area contributed by atoms with Crippen LogP contribution < -0.4 is 0 Å². The third kappa shape index (κ3) is 12.9. The molecule has 0 spiro atoms. The van der Waals surface area contributed by atoms with E-state index in [4.69, 9.17) is 19.7 Å². The molecule has 0 aromatic rings. The summed E-state index contributed by atoms with van der Waals surface area (Å²) in [5.74, 6) is -0.378. The van der Waals surface area contributed by atoms with Crippen molar-refractivity contribution in [3.05, 3.63) is 36.5 Å². The van der Waals surface area contributed by atoms with Crippen molar-refractivity contribution in [2.24, 2.45) is 0 Å². The molecule has 1 heterocycles. The average Bonchev–Trinajstić information content (AvgIpc) is 3.45. The van der Waals surface area contributed by atoms with Crippen molar-refractivity contribution < 1.29 is 24.5 Å². The Bertz CT molecular complexity index is 479. The fraction of sp³-hybridized carbons (Fsp3) is 0.696. The van der Waals surface area contributed by atoms with Gasteiger partial charge in [0.1, 0.15) is 6.10 Å². The lowest BCUT2D eigenvalue weighted by atomic mass is 10.1. The number of unbranched alkanes of at least 4 members (excludes halogenated alkanes) is 3. The summed E-state index contributed by atoms with van der Waals surface area (Å²) in [7, 11) is 0. The number of allylic oxidation sites excluding steroid dienone is 5. The molecule has 160 valence electrons. The Kier molecular flexibility index (Phi) is 14.5. The second kappa shape index (κ2) is 16.5. The van der Waals surface area contributed by atoms with Crippen LogP contribution in [0, 0.1) is 0 Å². The zero-order chi connectivity index (χ0) is 20.5. The van der Waals surface area contributed by atoms with Crippen LogP contribution in [0.15, 0.2) is 36.5 Å². The van der Waals surface area contributed by atoms with Gasteiger partial charge in [-0.25, -0.2) is 0 Å². The van der Waals surface area contributed by atoms with Gasteiger partial charge in [0.25, 0.3) is 0 Å². The van der Waals surface area contributed by atoms with Crippen molar-refractivity contribution in [2.45, 2.75) is 89.4 Å². The summed E-state index contributed by atoms with van der Waals surface area (Å²) >= 11 is 0. The number of hydrogen-bond acceptors (Lipinski definition) is 5. The lowest BCUT2D eigenvalue weighted by Gasteiger charge is -2.11. The van der Waals surface area contributed by atoms with E-state index in [9.17, 15) is 4.79 Å². The zero-order valence-electron chi connectivity index (χ0n) is 17.3. The summed E-state index contributed by atoms with van der Waals surface area (Å²) in [4.78, 5) is 11.5. The minimum absolute atomic E-state index is 0.297. The fourth-order valence-electron chi connectivity index (χ4n) is 2.87. The first-order chi connectivity index (χ1) is 13.7. The molecule has 5 heteroatoms. The molecule has 1 aliphatic rings. The monoisotopic (exact) mass is 394 g/mol. The molecule has 0 aromatic carbocycles. The van der Waals surface area contributed by atoms with E-state index in [0.29, 0.717) is 25.0 Å². The maximum atomic E-state index is 11.5. The van der Waals surface area contributed by atoms with E-state index >= 15 is 0 Å². The first kappa shape index (κ1) is 24.6. The number of esters is 1. The van der Waals surface area contributed by atoms with Crippen LogP contribution >= 0.6 is 0 Å². The SMILES string of the molecule is CCCCC[C@H]1O[C@H]1C/C=C\C/C=C\C/C=C\CCCC(=O)OC(CO)CO. The minimum Gasteiger partial charge on any atom is -0.457 e. The van der Waals surface area contributed by atoms with Gasteiger partial charge in [0, 0.05) is 6.42 Å². The largest absolute Gasteiger partial charge is 0.457 e. The van der Waals surface area contributed by atoms with Crippen LogP contribution in [0.3, 0.4) is 0 Å². The highest BCUT2D eigenvalue weighted by Crippen LogP contribution is 2.30. The van der Waals surface area contributed by atoms with Gasteiger partial charge >= 0.3 is 5.97 Å². The van der Waals surface area contributed by atoms with Gasteiger partial charge in [-0.2, -0.15) is 0 Å². The van der Waals surface area contributed by atoms with Crippen LogP contribution in [-0.4, -0.2) is 47.7 Å². The molecular formula is C23H38O5. The molecule has 0 unspecified atom stereocenters. The number of epoxide rings is 1. The molecule has 0 aliphatic carbocycles. The van der Waals surface area contributed by atoms with Gasteiger partial charge in [0.05, 0.1) is 25.4 Å². The van der Waals surface area contributed by atoms with Gasteiger partial charge in [0.15, 0.2) is 0 Å². The summed E-state index contributed by atoms with van der Waals surface area (Å²) < 4.78 is 10.6. The highest BCUT2D eigenvalue weighted by molar-refractivity contribution is 5.69. The normalized spacial score (nSPS) is 19.4. The van der Waals surface area contributed by atoms with E-state index in [2.05, 4.69) is 43.4 Å². The second-order valence-corrected chi connectivity index (χ2v) is 7.20. The molecule has 5 nitrogen and oxygen atoms in total. The topological polar surface area (TPSA) is 79.3 Å². The maximum absolute atomic E-state index is 11.5. The van der Waals surface area contributed by atoms with E-state index in [1.54, 1.807) is 0 Å².